The molecule has 2 aromatic carbocycles. The van der Waals surface area contributed by atoms with Crippen molar-refractivity contribution in [2.24, 2.45) is 0 Å². The molecule has 8 heteroatoms. The van der Waals surface area contributed by atoms with E-state index in [9.17, 15) is 4.79 Å². The molecule has 32 heavy (non-hydrogen) atoms. The summed E-state index contributed by atoms with van der Waals surface area (Å²) >= 11 is 3.60. The van der Waals surface area contributed by atoms with E-state index in [1.807, 2.05) is 18.2 Å². The van der Waals surface area contributed by atoms with Gasteiger partial charge in [0.15, 0.2) is 23.0 Å². The molecule has 0 aliphatic rings. The van der Waals surface area contributed by atoms with Gasteiger partial charge in [-0.3, -0.25) is 4.79 Å². The van der Waals surface area contributed by atoms with Gasteiger partial charge in [-0.15, -0.1) is 0 Å². The Morgan fingerprint density at radius 2 is 1.59 bits per heavy atom. The van der Waals surface area contributed by atoms with Crippen LogP contribution >= 0.6 is 15.9 Å². The molecule has 1 aromatic heterocycles. The average molecular weight is 502 g/mol. The maximum Gasteiger partial charge on any atom is 0.244 e. The molecular formula is C24H24BrNO6. The predicted molar refractivity (Wildman–Crippen MR) is 125 cm³/mol. The highest BCUT2D eigenvalue weighted by Crippen LogP contribution is 2.39. The lowest BCUT2D eigenvalue weighted by Crippen LogP contribution is -2.28. The van der Waals surface area contributed by atoms with Crippen molar-refractivity contribution in [1.82, 2.24) is 5.32 Å². The maximum absolute atomic E-state index is 12.8. The van der Waals surface area contributed by atoms with Crippen LogP contribution in [-0.2, 0) is 4.79 Å². The van der Waals surface area contributed by atoms with Gasteiger partial charge in [0, 0.05) is 10.5 Å². The van der Waals surface area contributed by atoms with Crippen LogP contribution in [0.25, 0.3) is 6.08 Å². The van der Waals surface area contributed by atoms with Crippen LogP contribution in [0.3, 0.4) is 0 Å². The highest BCUT2D eigenvalue weighted by atomic mass is 79.9. The Morgan fingerprint density at radius 1 is 0.938 bits per heavy atom. The van der Waals surface area contributed by atoms with Crippen LogP contribution in [0.5, 0.6) is 23.0 Å². The lowest BCUT2D eigenvalue weighted by molar-refractivity contribution is -0.116. The van der Waals surface area contributed by atoms with Crippen molar-refractivity contribution in [2.75, 3.05) is 28.4 Å². The number of methoxy groups -OCH3 is 4. The van der Waals surface area contributed by atoms with Gasteiger partial charge < -0.3 is 28.7 Å². The van der Waals surface area contributed by atoms with E-state index in [0.717, 1.165) is 15.6 Å². The van der Waals surface area contributed by atoms with Gasteiger partial charge in [-0.2, -0.15) is 0 Å². The minimum atomic E-state index is -0.530. The number of carbonyl (C=O) groups is 1. The monoisotopic (exact) mass is 501 g/mol. The molecule has 3 rings (SSSR count). The standard InChI is InChI=1S/C24H24BrNO6/c1-28-19-9-7-15(12-20(19)29-2)24(26-23(27)10-8-16-6-5-11-32-16)17-13-21(30-3)22(31-4)14-18(17)25/h5-14,24H,1-4H3,(H,26,27)/b10-8+/t24-/m0/s1. The number of ether oxygens (including phenoxy) is 4. The fraction of sp³-hybridized carbons (Fsp3) is 0.208. The number of carbonyl (C=O) groups excluding carboxylic acids is 1. The van der Waals surface area contributed by atoms with Gasteiger partial charge in [0.1, 0.15) is 5.76 Å². The Balaban J connectivity index is 2.04. The highest BCUT2D eigenvalue weighted by Gasteiger charge is 2.23. The van der Waals surface area contributed by atoms with Gasteiger partial charge in [0.25, 0.3) is 0 Å². The normalized spacial score (nSPS) is 11.8. The van der Waals surface area contributed by atoms with Gasteiger partial charge in [-0.05, 0) is 53.6 Å². The molecule has 7 nitrogen and oxygen atoms in total. The molecule has 3 aromatic rings. The number of hydrogen-bond donors (Lipinski definition) is 1. The number of rotatable bonds is 9. The Bertz CT molecular complexity index is 1090. The van der Waals surface area contributed by atoms with Crippen LogP contribution in [0.4, 0.5) is 0 Å². The van der Waals surface area contributed by atoms with Crippen LogP contribution in [0.2, 0.25) is 0 Å². The Morgan fingerprint density at radius 3 is 2.22 bits per heavy atom. The van der Waals surface area contributed by atoms with E-state index in [1.165, 1.54) is 6.08 Å². The fourth-order valence-corrected chi connectivity index (χ4v) is 3.75. The van der Waals surface area contributed by atoms with E-state index in [2.05, 4.69) is 21.2 Å². The second kappa shape index (κ2) is 10.8. The zero-order valence-electron chi connectivity index (χ0n) is 18.2. The summed E-state index contributed by atoms with van der Waals surface area (Å²) < 4.78 is 27.7. The third kappa shape index (κ3) is 5.26. The van der Waals surface area contributed by atoms with Crippen LogP contribution in [0, 0.1) is 0 Å². The summed E-state index contributed by atoms with van der Waals surface area (Å²) in [4.78, 5) is 12.8. The minimum Gasteiger partial charge on any atom is -0.493 e. The lowest BCUT2D eigenvalue weighted by atomic mass is 9.97. The molecular weight excluding hydrogens is 478 g/mol. The lowest BCUT2D eigenvalue weighted by Gasteiger charge is -2.23. The number of halogens is 1. The van der Waals surface area contributed by atoms with Gasteiger partial charge in [0.05, 0.1) is 40.7 Å². The molecule has 1 atom stereocenters. The summed E-state index contributed by atoms with van der Waals surface area (Å²) in [6.07, 6.45) is 4.57. The van der Waals surface area contributed by atoms with E-state index in [4.69, 9.17) is 23.4 Å². The van der Waals surface area contributed by atoms with Crippen LogP contribution < -0.4 is 24.3 Å². The molecule has 1 amide bonds. The van der Waals surface area contributed by atoms with Crippen molar-refractivity contribution in [3.63, 3.8) is 0 Å². The van der Waals surface area contributed by atoms with Crippen molar-refractivity contribution < 1.29 is 28.2 Å². The number of amides is 1. The quantitative estimate of drug-likeness (QED) is 0.415. The van der Waals surface area contributed by atoms with Crippen molar-refractivity contribution >= 4 is 27.9 Å². The van der Waals surface area contributed by atoms with Crippen LogP contribution in [0.1, 0.15) is 22.9 Å². The number of furan rings is 1. The van der Waals surface area contributed by atoms with Crippen molar-refractivity contribution in [2.45, 2.75) is 6.04 Å². The predicted octanol–water partition coefficient (Wildman–Crippen LogP) is 5.00. The SMILES string of the molecule is COc1ccc([C@H](NC(=O)/C=C/c2ccco2)c2cc(OC)c(OC)cc2Br)cc1OC. The first kappa shape index (κ1) is 23.3. The molecule has 0 bridgehead atoms. The Hall–Kier alpha value is -3.39. The first-order valence-corrected chi connectivity index (χ1v) is 10.5. The fourth-order valence-electron chi connectivity index (χ4n) is 3.20. The number of benzene rings is 2. The summed E-state index contributed by atoms with van der Waals surface area (Å²) in [6, 6.07) is 12.1. The first-order valence-electron chi connectivity index (χ1n) is 9.66. The largest absolute Gasteiger partial charge is 0.493 e. The highest BCUT2D eigenvalue weighted by molar-refractivity contribution is 9.10. The third-order valence-corrected chi connectivity index (χ3v) is 5.47. The zero-order valence-corrected chi connectivity index (χ0v) is 19.8. The summed E-state index contributed by atoms with van der Waals surface area (Å²) in [5.41, 5.74) is 1.56. The van der Waals surface area contributed by atoms with E-state index in [1.54, 1.807) is 65.0 Å². The van der Waals surface area contributed by atoms with Crippen molar-refractivity contribution in [3.8, 4) is 23.0 Å². The molecule has 0 fully saturated rings. The molecule has 0 saturated carbocycles. The van der Waals surface area contributed by atoms with E-state index in [-0.39, 0.29) is 5.91 Å². The molecule has 0 unspecified atom stereocenters. The summed E-state index contributed by atoms with van der Waals surface area (Å²) in [7, 11) is 6.26. The van der Waals surface area contributed by atoms with E-state index < -0.39 is 6.04 Å². The molecule has 168 valence electrons. The van der Waals surface area contributed by atoms with Crippen LogP contribution in [-0.4, -0.2) is 34.3 Å². The summed E-state index contributed by atoms with van der Waals surface area (Å²) in [6.45, 7) is 0. The topological polar surface area (TPSA) is 79.2 Å². The van der Waals surface area contributed by atoms with Gasteiger partial charge in [0.2, 0.25) is 5.91 Å². The molecule has 1 heterocycles. The molecule has 0 aliphatic carbocycles. The average Bonchev–Trinajstić information content (AvgIpc) is 3.34. The third-order valence-electron chi connectivity index (χ3n) is 4.78. The molecule has 0 spiro atoms. The van der Waals surface area contributed by atoms with Crippen LogP contribution in [0.15, 0.2) is 63.7 Å². The minimum absolute atomic E-state index is 0.303. The van der Waals surface area contributed by atoms with Crippen molar-refractivity contribution in [3.05, 3.63) is 76.2 Å². The van der Waals surface area contributed by atoms with E-state index in [0.29, 0.717) is 28.8 Å². The molecule has 0 aliphatic heterocycles. The van der Waals surface area contributed by atoms with E-state index >= 15 is 0 Å². The second-order valence-electron chi connectivity index (χ2n) is 6.63. The number of nitrogens with one attached hydrogen (secondary N) is 1. The second-order valence-corrected chi connectivity index (χ2v) is 7.49. The Labute approximate surface area is 195 Å². The van der Waals surface area contributed by atoms with Crippen molar-refractivity contribution in [1.29, 1.82) is 0 Å². The van der Waals surface area contributed by atoms with Gasteiger partial charge in [-0.1, -0.05) is 22.0 Å². The molecule has 1 N–H and O–H groups in total. The Kier molecular flexibility index (Phi) is 7.83. The van der Waals surface area contributed by atoms with Gasteiger partial charge >= 0.3 is 0 Å². The van der Waals surface area contributed by atoms with Gasteiger partial charge in [-0.25, -0.2) is 0 Å². The summed E-state index contributed by atoms with van der Waals surface area (Å²) in [5, 5.41) is 3.04. The molecule has 0 radical (unpaired) electrons. The number of hydrogen-bond acceptors (Lipinski definition) is 6. The smallest absolute Gasteiger partial charge is 0.244 e. The zero-order chi connectivity index (χ0) is 23.1. The molecule has 0 saturated heterocycles. The summed E-state index contributed by atoms with van der Waals surface area (Å²) in [5.74, 6) is 2.52. The maximum atomic E-state index is 12.8. The first-order chi connectivity index (χ1) is 15.5.